The zero-order valence-corrected chi connectivity index (χ0v) is 9.91. The number of hydrogen-bond donors (Lipinski definition) is 1. The van der Waals surface area contributed by atoms with Crippen LogP contribution in [0.1, 0.15) is 5.56 Å². The first-order valence-electron chi connectivity index (χ1n) is 5.48. The summed E-state index contributed by atoms with van der Waals surface area (Å²) in [6.07, 6.45) is 0. The highest BCUT2D eigenvalue weighted by Crippen LogP contribution is 2.29. The molecule has 0 unspecified atom stereocenters. The fraction of sp³-hybridized carbons (Fsp3) is 0.143. The van der Waals surface area contributed by atoms with Crippen molar-refractivity contribution in [2.45, 2.75) is 6.54 Å². The molecule has 0 saturated carbocycles. The fourth-order valence-corrected chi connectivity index (χ4v) is 1.83. The Labute approximate surface area is 104 Å². The van der Waals surface area contributed by atoms with Crippen molar-refractivity contribution in [3.63, 3.8) is 0 Å². The van der Waals surface area contributed by atoms with Gasteiger partial charge in [0, 0.05) is 17.7 Å². The lowest BCUT2D eigenvalue weighted by atomic mass is 10.0. The first-order valence-corrected chi connectivity index (χ1v) is 5.48. The molecule has 4 heteroatoms. The van der Waals surface area contributed by atoms with Gasteiger partial charge >= 0.3 is 0 Å². The monoisotopic (exact) mass is 249 g/mol. The molecule has 2 rings (SSSR count). The van der Waals surface area contributed by atoms with Crippen LogP contribution >= 0.6 is 0 Å². The van der Waals surface area contributed by atoms with Crippen molar-refractivity contribution in [3.05, 3.63) is 53.6 Å². The van der Waals surface area contributed by atoms with E-state index in [0.29, 0.717) is 11.3 Å². The predicted molar refractivity (Wildman–Crippen MR) is 66.2 cm³/mol. The molecule has 2 aromatic rings. The molecule has 0 aliphatic carbocycles. The van der Waals surface area contributed by atoms with Crippen LogP contribution in [0.4, 0.5) is 8.78 Å². The van der Waals surface area contributed by atoms with E-state index in [0.717, 1.165) is 11.6 Å². The van der Waals surface area contributed by atoms with Crippen LogP contribution in [-0.4, -0.2) is 7.11 Å². The Morgan fingerprint density at radius 3 is 2.61 bits per heavy atom. The largest absolute Gasteiger partial charge is 0.496 e. The second-order valence-corrected chi connectivity index (χ2v) is 3.83. The van der Waals surface area contributed by atoms with E-state index in [1.54, 1.807) is 18.2 Å². The average molecular weight is 249 g/mol. The fourth-order valence-electron chi connectivity index (χ4n) is 1.83. The minimum atomic E-state index is -0.863. The van der Waals surface area contributed by atoms with E-state index in [1.807, 2.05) is 0 Å². The van der Waals surface area contributed by atoms with Gasteiger partial charge in [-0.3, -0.25) is 0 Å². The Bertz CT molecular complexity index is 570. The summed E-state index contributed by atoms with van der Waals surface area (Å²) < 4.78 is 32.0. The Kier molecular flexibility index (Phi) is 3.58. The summed E-state index contributed by atoms with van der Waals surface area (Å²) in [4.78, 5) is 0. The first kappa shape index (κ1) is 12.5. The van der Waals surface area contributed by atoms with Gasteiger partial charge in [0.05, 0.1) is 7.11 Å². The Morgan fingerprint density at radius 1 is 1.17 bits per heavy atom. The van der Waals surface area contributed by atoms with E-state index < -0.39 is 11.6 Å². The normalized spacial score (nSPS) is 10.4. The summed E-state index contributed by atoms with van der Waals surface area (Å²) in [6, 6.07) is 9.17. The van der Waals surface area contributed by atoms with Gasteiger partial charge in [0.2, 0.25) is 0 Å². The summed E-state index contributed by atoms with van der Waals surface area (Å²) in [5, 5.41) is 0. The predicted octanol–water partition coefficient (Wildman–Crippen LogP) is 3.10. The van der Waals surface area contributed by atoms with E-state index in [4.69, 9.17) is 10.5 Å². The van der Waals surface area contributed by atoms with Gasteiger partial charge in [-0.2, -0.15) is 0 Å². The van der Waals surface area contributed by atoms with Crippen LogP contribution in [0.3, 0.4) is 0 Å². The number of halogens is 2. The SMILES string of the molecule is COc1ccc(-c2cccc(F)c2F)cc1CN. The van der Waals surface area contributed by atoms with Gasteiger partial charge in [0.15, 0.2) is 11.6 Å². The highest BCUT2D eigenvalue weighted by molar-refractivity contribution is 5.66. The molecule has 18 heavy (non-hydrogen) atoms. The first-order chi connectivity index (χ1) is 8.67. The van der Waals surface area contributed by atoms with E-state index in [1.165, 1.54) is 19.2 Å². The molecule has 94 valence electrons. The molecular formula is C14H13F2NO. The molecule has 0 heterocycles. The van der Waals surface area contributed by atoms with Crippen molar-refractivity contribution in [2.75, 3.05) is 7.11 Å². The van der Waals surface area contributed by atoms with E-state index in [9.17, 15) is 8.78 Å². The third kappa shape index (κ3) is 2.19. The smallest absolute Gasteiger partial charge is 0.166 e. The number of ether oxygens (including phenoxy) is 1. The van der Waals surface area contributed by atoms with Gasteiger partial charge in [-0.15, -0.1) is 0 Å². The van der Waals surface area contributed by atoms with E-state index in [-0.39, 0.29) is 12.1 Å². The molecule has 0 atom stereocenters. The number of hydrogen-bond acceptors (Lipinski definition) is 2. The number of benzene rings is 2. The molecule has 0 radical (unpaired) electrons. The van der Waals surface area contributed by atoms with Gasteiger partial charge in [0.1, 0.15) is 5.75 Å². The summed E-state index contributed by atoms with van der Waals surface area (Å²) in [7, 11) is 1.54. The summed E-state index contributed by atoms with van der Waals surface area (Å²) in [6.45, 7) is 0.272. The zero-order chi connectivity index (χ0) is 13.1. The summed E-state index contributed by atoms with van der Waals surface area (Å²) >= 11 is 0. The maximum absolute atomic E-state index is 13.7. The van der Waals surface area contributed by atoms with Crippen molar-refractivity contribution >= 4 is 0 Å². The van der Waals surface area contributed by atoms with Crippen LogP contribution in [0.2, 0.25) is 0 Å². The van der Waals surface area contributed by atoms with E-state index in [2.05, 4.69) is 0 Å². The molecule has 2 nitrogen and oxygen atoms in total. The Hall–Kier alpha value is -1.94. The molecule has 0 bridgehead atoms. The van der Waals surface area contributed by atoms with Gasteiger partial charge in [-0.05, 0) is 23.8 Å². The van der Waals surface area contributed by atoms with Crippen LogP contribution < -0.4 is 10.5 Å². The van der Waals surface area contributed by atoms with Crippen LogP contribution in [0.5, 0.6) is 5.75 Å². The van der Waals surface area contributed by atoms with Crippen LogP contribution in [0.25, 0.3) is 11.1 Å². The molecule has 0 aromatic heterocycles. The lowest BCUT2D eigenvalue weighted by Crippen LogP contribution is -2.00. The Balaban J connectivity index is 2.54. The third-order valence-corrected chi connectivity index (χ3v) is 2.76. The molecule has 2 N–H and O–H groups in total. The van der Waals surface area contributed by atoms with Crippen molar-refractivity contribution in [2.24, 2.45) is 5.73 Å². The lowest BCUT2D eigenvalue weighted by molar-refractivity contribution is 0.410. The molecule has 0 fully saturated rings. The standard InChI is InChI=1S/C14H13F2NO/c1-18-13-6-5-9(7-10(13)8-17)11-3-2-4-12(15)14(11)16/h2-7H,8,17H2,1H3. The maximum Gasteiger partial charge on any atom is 0.166 e. The summed E-state index contributed by atoms with van der Waals surface area (Å²) in [5.74, 6) is -1.08. The van der Waals surface area contributed by atoms with Crippen molar-refractivity contribution < 1.29 is 13.5 Å². The second-order valence-electron chi connectivity index (χ2n) is 3.83. The molecule has 0 amide bonds. The minimum Gasteiger partial charge on any atom is -0.496 e. The number of rotatable bonds is 3. The van der Waals surface area contributed by atoms with Gasteiger partial charge in [0.25, 0.3) is 0 Å². The lowest BCUT2D eigenvalue weighted by Gasteiger charge is -2.10. The third-order valence-electron chi connectivity index (χ3n) is 2.76. The molecule has 2 aromatic carbocycles. The molecule has 0 spiro atoms. The topological polar surface area (TPSA) is 35.2 Å². The van der Waals surface area contributed by atoms with Crippen LogP contribution in [0.15, 0.2) is 36.4 Å². The maximum atomic E-state index is 13.7. The minimum absolute atomic E-state index is 0.215. The van der Waals surface area contributed by atoms with Gasteiger partial charge < -0.3 is 10.5 Å². The quantitative estimate of drug-likeness (QED) is 0.907. The highest BCUT2D eigenvalue weighted by Gasteiger charge is 2.11. The number of methoxy groups -OCH3 is 1. The molecule has 0 aliphatic rings. The van der Waals surface area contributed by atoms with Crippen LogP contribution in [0, 0.1) is 11.6 Å². The summed E-state index contributed by atoms with van der Waals surface area (Å²) in [5.41, 5.74) is 7.13. The molecule has 0 aliphatic heterocycles. The molecule has 0 saturated heterocycles. The molecular weight excluding hydrogens is 236 g/mol. The van der Waals surface area contributed by atoms with Gasteiger partial charge in [-0.1, -0.05) is 18.2 Å². The van der Waals surface area contributed by atoms with Crippen molar-refractivity contribution in [1.82, 2.24) is 0 Å². The van der Waals surface area contributed by atoms with Crippen LogP contribution in [-0.2, 0) is 6.54 Å². The average Bonchev–Trinajstić information content (AvgIpc) is 2.41. The second kappa shape index (κ2) is 5.14. The van der Waals surface area contributed by atoms with Gasteiger partial charge in [-0.25, -0.2) is 8.78 Å². The highest BCUT2D eigenvalue weighted by atomic mass is 19.2. The Morgan fingerprint density at radius 2 is 1.94 bits per heavy atom. The van der Waals surface area contributed by atoms with E-state index >= 15 is 0 Å². The number of nitrogens with two attached hydrogens (primary N) is 1. The van der Waals surface area contributed by atoms with Crippen molar-refractivity contribution in [3.8, 4) is 16.9 Å². The van der Waals surface area contributed by atoms with Crippen molar-refractivity contribution in [1.29, 1.82) is 0 Å². The zero-order valence-electron chi connectivity index (χ0n) is 9.91.